The van der Waals surface area contributed by atoms with Crippen molar-refractivity contribution in [2.24, 2.45) is 0 Å². The molecule has 0 unspecified atom stereocenters. The van der Waals surface area contributed by atoms with E-state index in [1.807, 2.05) is 12.2 Å². The maximum Gasteiger partial charge on any atom is 0.0214 e. The van der Waals surface area contributed by atoms with Gasteiger partial charge in [0.25, 0.3) is 0 Å². The second-order valence-electron chi connectivity index (χ2n) is 5.04. The van der Waals surface area contributed by atoms with Gasteiger partial charge in [-0.05, 0) is 29.5 Å². The Kier molecular flexibility index (Phi) is 4.77. The van der Waals surface area contributed by atoms with Crippen LogP contribution in [0.2, 0.25) is 0 Å². The molecule has 0 aliphatic heterocycles. The van der Waals surface area contributed by atoms with Crippen LogP contribution < -0.4 is 5.32 Å². The van der Waals surface area contributed by atoms with E-state index in [9.17, 15) is 0 Å². The monoisotopic (exact) mass is 241 g/mol. The van der Waals surface area contributed by atoms with Crippen LogP contribution in [-0.4, -0.2) is 6.04 Å². The minimum absolute atomic E-state index is 0.698. The van der Waals surface area contributed by atoms with Gasteiger partial charge in [-0.25, -0.2) is 0 Å². The van der Waals surface area contributed by atoms with Crippen LogP contribution in [0.25, 0.3) is 12.2 Å². The minimum Gasteiger partial charge on any atom is -0.310 e. The highest BCUT2D eigenvalue weighted by atomic mass is 14.9. The predicted octanol–water partition coefficient (Wildman–Crippen LogP) is 4.39. The molecule has 1 aliphatic carbocycles. The first-order chi connectivity index (χ1) is 8.85. The molecule has 1 N–H and O–H groups in total. The summed E-state index contributed by atoms with van der Waals surface area (Å²) < 4.78 is 0. The van der Waals surface area contributed by atoms with Crippen molar-refractivity contribution in [3.8, 4) is 0 Å². The Balaban J connectivity index is 2.03. The van der Waals surface area contributed by atoms with Gasteiger partial charge in [-0.15, -0.1) is 0 Å². The average Bonchev–Trinajstić information content (AvgIpc) is 2.45. The minimum atomic E-state index is 0.698. The first-order valence-corrected chi connectivity index (χ1v) is 6.95. The standard InChI is InChI=1S/C17H23N/c1-3-14-9-8-10-15(17(14)4-2)13-18-16-11-6-5-7-12-16/h3-4,8-10,16,18H,1-2,5-7,11-13H2. The summed E-state index contributed by atoms with van der Waals surface area (Å²) in [6.07, 6.45) is 10.6. The summed E-state index contributed by atoms with van der Waals surface area (Å²) in [6, 6.07) is 7.07. The fourth-order valence-electron chi connectivity index (χ4n) is 2.77. The molecule has 1 heteroatoms. The lowest BCUT2D eigenvalue weighted by atomic mass is 9.94. The van der Waals surface area contributed by atoms with E-state index in [0.717, 1.165) is 6.54 Å². The molecule has 0 spiro atoms. The molecule has 1 aromatic carbocycles. The Labute approximate surface area is 111 Å². The molecule has 0 atom stereocenters. The molecule has 0 amide bonds. The highest BCUT2D eigenvalue weighted by Crippen LogP contribution is 2.20. The highest BCUT2D eigenvalue weighted by molar-refractivity contribution is 5.66. The lowest BCUT2D eigenvalue weighted by Crippen LogP contribution is -2.30. The van der Waals surface area contributed by atoms with Crippen molar-refractivity contribution >= 4 is 12.2 Å². The SMILES string of the molecule is C=Cc1cccc(CNC2CCCCC2)c1C=C. The van der Waals surface area contributed by atoms with E-state index < -0.39 is 0 Å². The lowest BCUT2D eigenvalue weighted by Gasteiger charge is -2.23. The van der Waals surface area contributed by atoms with Crippen molar-refractivity contribution in [1.82, 2.24) is 5.32 Å². The molecule has 0 radical (unpaired) electrons. The summed E-state index contributed by atoms with van der Waals surface area (Å²) in [5.41, 5.74) is 3.72. The number of nitrogens with one attached hydrogen (secondary N) is 1. The van der Waals surface area contributed by atoms with Gasteiger partial charge in [-0.2, -0.15) is 0 Å². The van der Waals surface area contributed by atoms with Gasteiger partial charge in [0.15, 0.2) is 0 Å². The Morgan fingerprint density at radius 3 is 2.56 bits per heavy atom. The summed E-state index contributed by atoms with van der Waals surface area (Å²) in [7, 11) is 0. The molecular weight excluding hydrogens is 218 g/mol. The largest absolute Gasteiger partial charge is 0.310 e. The third-order valence-electron chi connectivity index (χ3n) is 3.84. The summed E-state index contributed by atoms with van der Waals surface area (Å²) in [5, 5.41) is 3.68. The van der Waals surface area contributed by atoms with Gasteiger partial charge in [-0.3, -0.25) is 0 Å². The highest BCUT2D eigenvalue weighted by Gasteiger charge is 2.13. The smallest absolute Gasteiger partial charge is 0.0214 e. The lowest BCUT2D eigenvalue weighted by molar-refractivity contribution is 0.372. The maximum atomic E-state index is 3.92. The summed E-state index contributed by atoms with van der Waals surface area (Å²) in [4.78, 5) is 0. The molecule has 18 heavy (non-hydrogen) atoms. The van der Waals surface area contributed by atoms with Crippen LogP contribution in [0.5, 0.6) is 0 Å². The van der Waals surface area contributed by atoms with E-state index in [1.165, 1.54) is 48.8 Å². The van der Waals surface area contributed by atoms with Crippen molar-refractivity contribution < 1.29 is 0 Å². The number of hydrogen-bond acceptors (Lipinski definition) is 1. The third kappa shape index (κ3) is 3.11. The maximum absolute atomic E-state index is 3.92. The van der Waals surface area contributed by atoms with Crippen LogP contribution in [-0.2, 0) is 6.54 Å². The van der Waals surface area contributed by atoms with E-state index in [2.05, 4.69) is 36.7 Å². The van der Waals surface area contributed by atoms with E-state index in [1.54, 1.807) is 0 Å². The van der Waals surface area contributed by atoms with Crippen molar-refractivity contribution in [1.29, 1.82) is 0 Å². The molecule has 0 aromatic heterocycles. The van der Waals surface area contributed by atoms with E-state index >= 15 is 0 Å². The zero-order chi connectivity index (χ0) is 12.8. The number of rotatable bonds is 5. The van der Waals surface area contributed by atoms with Gasteiger partial charge in [0.1, 0.15) is 0 Å². The van der Waals surface area contributed by atoms with Crippen LogP contribution in [0, 0.1) is 0 Å². The van der Waals surface area contributed by atoms with Crippen LogP contribution in [0.1, 0.15) is 48.8 Å². The summed E-state index contributed by atoms with van der Waals surface area (Å²) >= 11 is 0. The first kappa shape index (κ1) is 13.1. The fraction of sp³-hybridized carbons (Fsp3) is 0.412. The molecule has 1 fully saturated rings. The molecular formula is C17H23N. The number of hydrogen-bond donors (Lipinski definition) is 1. The zero-order valence-electron chi connectivity index (χ0n) is 11.1. The molecule has 1 nitrogen and oxygen atoms in total. The molecule has 1 aliphatic rings. The quantitative estimate of drug-likeness (QED) is 0.806. The van der Waals surface area contributed by atoms with Crippen molar-refractivity contribution in [2.45, 2.75) is 44.7 Å². The van der Waals surface area contributed by atoms with Gasteiger partial charge in [-0.1, -0.05) is 62.8 Å². The van der Waals surface area contributed by atoms with E-state index in [4.69, 9.17) is 0 Å². The molecule has 96 valence electrons. The molecule has 0 bridgehead atoms. The average molecular weight is 241 g/mol. The molecule has 0 saturated heterocycles. The van der Waals surface area contributed by atoms with Gasteiger partial charge >= 0.3 is 0 Å². The Hall–Kier alpha value is -1.34. The normalized spacial score (nSPS) is 16.4. The second kappa shape index (κ2) is 6.55. The Bertz CT molecular complexity index is 414. The number of benzene rings is 1. The molecule has 2 rings (SSSR count). The Morgan fingerprint density at radius 1 is 1.11 bits per heavy atom. The summed E-state index contributed by atoms with van der Waals surface area (Å²) in [5.74, 6) is 0. The fourth-order valence-corrected chi connectivity index (χ4v) is 2.77. The zero-order valence-corrected chi connectivity index (χ0v) is 11.1. The van der Waals surface area contributed by atoms with Gasteiger partial charge < -0.3 is 5.32 Å². The predicted molar refractivity (Wildman–Crippen MR) is 80.3 cm³/mol. The molecule has 1 saturated carbocycles. The van der Waals surface area contributed by atoms with Crippen molar-refractivity contribution in [3.05, 3.63) is 48.0 Å². The van der Waals surface area contributed by atoms with E-state index in [0.29, 0.717) is 6.04 Å². The van der Waals surface area contributed by atoms with E-state index in [-0.39, 0.29) is 0 Å². The molecule has 0 heterocycles. The molecule has 1 aromatic rings. The topological polar surface area (TPSA) is 12.0 Å². The third-order valence-corrected chi connectivity index (χ3v) is 3.84. The van der Waals surface area contributed by atoms with Crippen LogP contribution in [0.3, 0.4) is 0 Å². The Morgan fingerprint density at radius 2 is 1.89 bits per heavy atom. The van der Waals surface area contributed by atoms with Gasteiger partial charge in [0.2, 0.25) is 0 Å². The van der Waals surface area contributed by atoms with Crippen molar-refractivity contribution in [3.63, 3.8) is 0 Å². The summed E-state index contributed by atoms with van der Waals surface area (Å²) in [6.45, 7) is 8.72. The second-order valence-corrected chi connectivity index (χ2v) is 5.04. The van der Waals surface area contributed by atoms with Gasteiger partial charge in [0, 0.05) is 12.6 Å². The van der Waals surface area contributed by atoms with Crippen LogP contribution in [0.4, 0.5) is 0 Å². The van der Waals surface area contributed by atoms with Crippen molar-refractivity contribution in [2.75, 3.05) is 0 Å². The first-order valence-electron chi connectivity index (χ1n) is 6.95. The van der Waals surface area contributed by atoms with Crippen LogP contribution >= 0.6 is 0 Å². The van der Waals surface area contributed by atoms with Crippen LogP contribution in [0.15, 0.2) is 31.4 Å². The van der Waals surface area contributed by atoms with Gasteiger partial charge in [0.05, 0.1) is 0 Å².